The number of hydrogen-bond donors (Lipinski definition) is 2. The molecule has 2 rings (SSSR count). The summed E-state index contributed by atoms with van der Waals surface area (Å²) in [7, 11) is 0. The van der Waals surface area contributed by atoms with E-state index in [-0.39, 0.29) is 5.56 Å². The van der Waals surface area contributed by atoms with Crippen molar-refractivity contribution < 1.29 is 8.78 Å². The zero-order valence-corrected chi connectivity index (χ0v) is 11.0. The number of aryl methyl sites for hydroxylation is 1. The van der Waals surface area contributed by atoms with Crippen molar-refractivity contribution in [3.05, 3.63) is 69.7 Å². The first-order valence-corrected chi connectivity index (χ1v) is 6.08. The Morgan fingerprint density at radius 1 is 1.16 bits per heavy atom. The van der Waals surface area contributed by atoms with Gasteiger partial charge in [-0.25, -0.2) is 14.2 Å². The highest BCUT2D eigenvalue weighted by molar-refractivity contribution is 6.31. The molecule has 0 spiro atoms. The average molecular weight is 283 g/mol. The van der Waals surface area contributed by atoms with Crippen LogP contribution >= 0.6 is 11.6 Å². The fraction of sp³-hybridized carbons (Fsp3) is 0.143. The number of nitrogens with one attached hydrogen (secondary N) is 1. The van der Waals surface area contributed by atoms with Gasteiger partial charge in [-0.05, 0) is 42.3 Å². The second kappa shape index (κ2) is 5.65. The number of nitrogens with two attached hydrogens (primary N) is 1. The molecule has 0 saturated carbocycles. The third-order valence-corrected chi connectivity index (χ3v) is 3.38. The molecule has 2 aromatic carbocycles. The zero-order valence-electron chi connectivity index (χ0n) is 10.3. The lowest BCUT2D eigenvalue weighted by molar-refractivity contribution is 0.545. The highest BCUT2D eigenvalue weighted by atomic mass is 35.5. The first-order valence-electron chi connectivity index (χ1n) is 5.70. The first-order chi connectivity index (χ1) is 9.02. The molecular formula is C14H13ClF2N2. The van der Waals surface area contributed by atoms with Crippen molar-refractivity contribution in [1.29, 1.82) is 0 Å². The minimum atomic E-state index is -0.633. The molecule has 3 N–H and O–H groups in total. The molecule has 0 bridgehead atoms. The Kier molecular flexibility index (Phi) is 4.14. The number of hydrazine groups is 1. The average Bonchev–Trinajstić information content (AvgIpc) is 2.38. The maximum absolute atomic E-state index is 13.8. The predicted octanol–water partition coefficient (Wildman–Crippen LogP) is 3.48. The van der Waals surface area contributed by atoms with Crippen LogP contribution in [-0.2, 0) is 0 Å². The quantitative estimate of drug-likeness (QED) is 0.668. The van der Waals surface area contributed by atoms with Crippen LogP contribution in [0.15, 0.2) is 36.4 Å². The maximum Gasteiger partial charge on any atom is 0.128 e. The molecule has 0 radical (unpaired) electrons. The Bertz CT molecular complexity index is 602. The van der Waals surface area contributed by atoms with Gasteiger partial charge in [0.25, 0.3) is 0 Å². The van der Waals surface area contributed by atoms with Crippen LogP contribution in [0, 0.1) is 18.6 Å². The van der Waals surface area contributed by atoms with Crippen molar-refractivity contribution in [2.75, 3.05) is 0 Å². The summed E-state index contributed by atoms with van der Waals surface area (Å²) in [6.45, 7) is 1.83. The van der Waals surface area contributed by atoms with E-state index in [1.807, 2.05) is 6.92 Å². The van der Waals surface area contributed by atoms with Crippen molar-refractivity contribution in [2.45, 2.75) is 13.0 Å². The van der Waals surface area contributed by atoms with Gasteiger partial charge in [0.2, 0.25) is 0 Å². The molecule has 0 saturated heterocycles. The van der Waals surface area contributed by atoms with Crippen molar-refractivity contribution >= 4 is 11.6 Å². The molecule has 2 nitrogen and oxygen atoms in total. The van der Waals surface area contributed by atoms with E-state index in [1.54, 1.807) is 18.2 Å². The highest BCUT2D eigenvalue weighted by Gasteiger charge is 2.18. The molecule has 0 amide bonds. The van der Waals surface area contributed by atoms with E-state index in [9.17, 15) is 8.78 Å². The van der Waals surface area contributed by atoms with Crippen LogP contribution in [0.25, 0.3) is 0 Å². The molecule has 1 unspecified atom stereocenters. The van der Waals surface area contributed by atoms with E-state index in [1.165, 1.54) is 0 Å². The van der Waals surface area contributed by atoms with Crippen LogP contribution in [0.2, 0.25) is 5.02 Å². The van der Waals surface area contributed by atoms with Crippen LogP contribution in [-0.4, -0.2) is 0 Å². The number of benzene rings is 2. The third kappa shape index (κ3) is 2.92. The molecule has 0 aromatic heterocycles. The standard InChI is InChI=1S/C14H13ClF2N2/c1-8-6-9(2-4-12(8)15)14(19-18)11-7-10(16)3-5-13(11)17/h2-7,14,19H,18H2,1H3. The van der Waals surface area contributed by atoms with Crippen molar-refractivity contribution in [1.82, 2.24) is 5.43 Å². The summed E-state index contributed by atoms with van der Waals surface area (Å²) in [5, 5.41) is 0.610. The molecule has 2 aromatic rings. The van der Waals surface area contributed by atoms with Crippen LogP contribution in [0.1, 0.15) is 22.7 Å². The molecule has 1 atom stereocenters. The summed E-state index contributed by atoms with van der Waals surface area (Å²) in [5.74, 6) is 4.44. The van der Waals surface area contributed by atoms with E-state index in [0.717, 1.165) is 23.8 Å². The Hall–Kier alpha value is -1.49. The number of rotatable bonds is 3. The molecule has 0 heterocycles. The van der Waals surface area contributed by atoms with Crippen LogP contribution in [0.3, 0.4) is 0 Å². The smallest absolute Gasteiger partial charge is 0.128 e. The van der Waals surface area contributed by atoms with Crippen molar-refractivity contribution in [3.8, 4) is 0 Å². The van der Waals surface area contributed by atoms with Gasteiger partial charge in [-0.1, -0.05) is 23.7 Å². The number of halogens is 3. The monoisotopic (exact) mass is 282 g/mol. The summed E-state index contributed by atoms with van der Waals surface area (Å²) in [6, 6.07) is 7.86. The molecule has 100 valence electrons. The Labute approximate surface area is 115 Å². The molecule has 0 aliphatic carbocycles. The highest BCUT2D eigenvalue weighted by Crippen LogP contribution is 2.27. The Morgan fingerprint density at radius 2 is 1.89 bits per heavy atom. The molecular weight excluding hydrogens is 270 g/mol. The first kappa shape index (κ1) is 13.9. The molecule has 0 aliphatic heterocycles. The fourth-order valence-electron chi connectivity index (χ4n) is 1.95. The van der Waals surface area contributed by atoms with E-state index < -0.39 is 17.7 Å². The predicted molar refractivity (Wildman–Crippen MR) is 71.7 cm³/mol. The lowest BCUT2D eigenvalue weighted by Crippen LogP contribution is -2.29. The van der Waals surface area contributed by atoms with E-state index >= 15 is 0 Å². The summed E-state index contributed by atoms with van der Waals surface area (Å²) < 4.78 is 27.0. The normalized spacial score (nSPS) is 12.5. The molecule has 0 aliphatic rings. The summed E-state index contributed by atoms with van der Waals surface area (Å²) in [4.78, 5) is 0. The zero-order chi connectivity index (χ0) is 14.0. The second-order valence-electron chi connectivity index (χ2n) is 4.27. The third-order valence-electron chi connectivity index (χ3n) is 2.95. The van der Waals surface area contributed by atoms with E-state index in [4.69, 9.17) is 17.4 Å². The second-order valence-corrected chi connectivity index (χ2v) is 4.68. The Morgan fingerprint density at radius 3 is 2.53 bits per heavy atom. The van der Waals surface area contributed by atoms with Gasteiger partial charge in [0, 0.05) is 10.6 Å². The minimum Gasteiger partial charge on any atom is -0.271 e. The van der Waals surface area contributed by atoms with Crippen molar-refractivity contribution in [3.63, 3.8) is 0 Å². The van der Waals surface area contributed by atoms with E-state index in [0.29, 0.717) is 10.6 Å². The molecule has 5 heteroatoms. The van der Waals surface area contributed by atoms with Gasteiger partial charge < -0.3 is 0 Å². The van der Waals surface area contributed by atoms with Crippen LogP contribution in [0.5, 0.6) is 0 Å². The van der Waals surface area contributed by atoms with Gasteiger partial charge in [0.05, 0.1) is 6.04 Å². The van der Waals surface area contributed by atoms with Crippen LogP contribution in [0.4, 0.5) is 8.78 Å². The summed E-state index contributed by atoms with van der Waals surface area (Å²) in [5.41, 5.74) is 4.22. The SMILES string of the molecule is Cc1cc(C(NN)c2cc(F)ccc2F)ccc1Cl. The van der Waals surface area contributed by atoms with E-state index in [2.05, 4.69) is 5.43 Å². The lowest BCUT2D eigenvalue weighted by atomic mass is 9.97. The van der Waals surface area contributed by atoms with Gasteiger partial charge in [0.1, 0.15) is 11.6 Å². The van der Waals surface area contributed by atoms with Gasteiger partial charge in [-0.2, -0.15) is 0 Å². The summed E-state index contributed by atoms with van der Waals surface area (Å²) in [6.07, 6.45) is 0. The van der Waals surface area contributed by atoms with Gasteiger partial charge in [0.15, 0.2) is 0 Å². The van der Waals surface area contributed by atoms with Crippen molar-refractivity contribution in [2.24, 2.45) is 5.84 Å². The van der Waals surface area contributed by atoms with Gasteiger partial charge >= 0.3 is 0 Å². The Balaban J connectivity index is 2.49. The maximum atomic E-state index is 13.8. The topological polar surface area (TPSA) is 38.0 Å². The fourth-order valence-corrected chi connectivity index (χ4v) is 2.07. The lowest BCUT2D eigenvalue weighted by Gasteiger charge is -2.18. The van der Waals surface area contributed by atoms with Gasteiger partial charge in [-0.3, -0.25) is 5.84 Å². The minimum absolute atomic E-state index is 0.157. The largest absolute Gasteiger partial charge is 0.271 e. The molecule has 0 fully saturated rings. The number of hydrogen-bond acceptors (Lipinski definition) is 2. The van der Waals surface area contributed by atoms with Crippen LogP contribution < -0.4 is 11.3 Å². The summed E-state index contributed by atoms with van der Waals surface area (Å²) >= 11 is 5.95. The van der Waals surface area contributed by atoms with Gasteiger partial charge in [-0.15, -0.1) is 0 Å². The molecule has 19 heavy (non-hydrogen) atoms.